The fourth-order valence-corrected chi connectivity index (χ4v) is 2.59. The minimum atomic E-state index is -0.655. The third-order valence-electron chi connectivity index (χ3n) is 3.50. The SMILES string of the molecule is O=[N+]([O-])C1Cc2ccccc2N1Cc1ccccc1. The lowest BCUT2D eigenvalue weighted by molar-refractivity contribution is -0.520. The van der Waals surface area contributed by atoms with Crippen LogP contribution in [-0.2, 0) is 13.0 Å². The van der Waals surface area contributed by atoms with Gasteiger partial charge in [0.1, 0.15) is 0 Å². The van der Waals surface area contributed by atoms with Crippen molar-refractivity contribution in [2.45, 2.75) is 19.1 Å². The lowest BCUT2D eigenvalue weighted by atomic mass is 10.1. The first kappa shape index (κ1) is 11.7. The Morgan fingerprint density at radius 1 is 1.11 bits per heavy atom. The highest BCUT2D eigenvalue weighted by molar-refractivity contribution is 5.58. The Hall–Kier alpha value is -2.36. The molecule has 0 aliphatic carbocycles. The van der Waals surface area contributed by atoms with E-state index in [1.54, 1.807) is 0 Å². The molecule has 1 unspecified atom stereocenters. The van der Waals surface area contributed by atoms with E-state index in [1.165, 1.54) is 0 Å². The quantitative estimate of drug-likeness (QED) is 0.625. The topological polar surface area (TPSA) is 46.4 Å². The van der Waals surface area contributed by atoms with Crippen LogP contribution in [0, 0.1) is 10.1 Å². The minimum Gasteiger partial charge on any atom is -0.305 e. The van der Waals surface area contributed by atoms with Crippen LogP contribution in [0.3, 0.4) is 0 Å². The van der Waals surface area contributed by atoms with Crippen LogP contribution in [0.1, 0.15) is 11.1 Å². The average Bonchev–Trinajstić information content (AvgIpc) is 2.79. The van der Waals surface area contributed by atoms with Crippen molar-refractivity contribution in [1.29, 1.82) is 0 Å². The Bertz CT molecular complexity index is 598. The number of hydrogen-bond acceptors (Lipinski definition) is 3. The fourth-order valence-electron chi connectivity index (χ4n) is 2.59. The molecule has 2 aromatic rings. The van der Waals surface area contributed by atoms with Crippen molar-refractivity contribution in [2.24, 2.45) is 0 Å². The first-order valence-electron chi connectivity index (χ1n) is 6.27. The molecule has 0 N–H and O–H groups in total. The molecule has 1 heterocycles. The molecule has 0 fully saturated rings. The summed E-state index contributed by atoms with van der Waals surface area (Å²) in [6.45, 7) is 0.573. The summed E-state index contributed by atoms with van der Waals surface area (Å²) in [5.41, 5.74) is 3.12. The monoisotopic (exact) mass is 254 g/mol. The van der Waals surface area contributed by atoms with Crippen LogP contribution in [0.5, 0.6) is 0 Å². The Kier molecular flexibility index (Phi) is 2.91. The molecule has 1 aliphatic rings. The Morgan fingerprint density at radius 2 is 1.79 bits per heavy atom. The first-order chi connectivity index (χ1) is 9.25. The lowest BCUT2D eigenvalue weighted by Crippen LogP contribution is -2.37. The summed E-state index contributed by atoms with van der Waals surface area (Å²) in [5.74, 6) is 0. The van der Waals surface area contributed by atoms with E-state index in [-0.39, 0.29) is 4.92 Å². The first-order valence-corrected chi connectivity index (χ1v) is 6.27. The van der Waals surface area contributed by atoms with E-state index in [0.717, 1.165) is 16.8 Å². The number of fused-ring (bicyclic) bond motifs is 1. The van der Waals surface area contributed by atoms with Gasteiger partial charge in [0.2, 0.25) is 0 Å². The highest BCUT2D eigenvalue weighted by Crippen LogP contribution is 2.33. The number of nitrogens with zero attached hydrogens (tertiary/aromatic N) is 2. The third kappa shape index (κ3) is 2.17. The van der Waals surface area contributed by atoms with Crippen molar-refractivity contribution in [3.05, 3.63) is 75.8 Å². The maximum Gasteiger partial charge on any atom is 0.291 e. The van der Waals surface area contributed by atoms with Gasteiger partial charge in [0, 0.05) is 17.2 Å². The summed E-state index contributed by atoms with van der Waals surface area (Å²) in [7, 11) is 0. The predicted octanol–water partition coefficient (Wildman–Crippen LogP) is 2.85. The summed E-state index contributed by atoms with van der Waals surface area (Å²) in [6.07, 6.45) is -0.173. The molecule has 0 amide bonds. The van der Waals surface area contributed by atoms with E-state index in [2.05, 4.69) is 0 Å². The van der Waals surface area contributed by atoms with Gasteiger partial charge in [-0.1, -0.05) is 48.5 Å². The Labute approximate surface area is 111 Å². The van der Waals surface area contributed by atoms with Gasteiger partial charge in [0.15, 0.2) is 0 Å². The van der Waals surface area contributed by atoms with Crippen molar-refractivity contribution in [1.82, 2.24) is 0 Å². The second kappa shape index (κ2) is 4.72. The molecule has 1 aliphatic heterocycles. The summed E-state index contributed by atoms with van der Waals surface area (Å²) in [5, 5.41) is 11.2. The smallest absolute Gasteiger partial charge is 0.291 e. The molecule has 1 atom stereocenters. The molecule has 3 rings (SSSR count). The van der Waals surface area contributed by atoms with E-state index < -0.39 is 6.17 Å². The highest BCUT2D eigenvalue weighted by Gasteiger charge is 2.36. The maximum absolute atomic E-state index is 11.2. The van der Waals surface area contributed by atoms with Crippen LogP contribution in [0.25, 0.3) is 0 Å². The van der Waals surface area contributed by atoms with Crippen LogP contribution in [-0.4, -0.2) is 11.1 Å². The van der Waals surface area contributed by atoms with Gasteiger partial charge < -0.3 is 4.90 Å². The van der Waals surface area contributed by atoms with Crippen LogP contribution in [0.4, 0.5) is 5.69 Å². The molecule has 0 radical (unpaired) electrons. The van der Waals surface area contributed by atoms with Gasteiger partial charge in [-0.2, -0.15) is 0 Å². The normalized spacial score (nSPS) is 17.3. The molecule has 0 aromatic heterocycles. The van der Waals surface area contributed by atoms with E-state index in [9.17, 15) is 10.1 Å². The molecule has 0 bridgehead atoms. The highest BCUT2D eigenvalue weighted by atomic mass is 16.6. The number of anilines is 1. The second-order valence-electron chi connectivity index (χ2n) is 4.71. The fraction of sp³-hybridized carbons (Fsp3) is 0.200. The zero-order valence-corrected chi connectivity index (χ0v) is 10.4. The van der Waals surface area contributed by atoms with Gasteiger partial charge in [-0.25, -0.2) is 0 Å². The molecule has 0 saturated carbocycles. The predicted molar refractivity (Wildman–Crippen MR) is 73.6 cm³/mol. The molecule has 19 heavy (non-hydrogen) atoms. The van der Waals surface area contributed by atoms with Crippen LogP contribution >= 0.6 is 0 Å². The molecule has 4 nitrogen and oxygen atoms in total. The van der Waals surface area contributed by atoms with E-state index in [1.807, 2.05) is 59.5 Å². The van der Waals surface area contributed by atoms with Gasteiger partial charge in [0.25, 0.3) is 6.17 Å². The Balaban J connectivity index is 1.94. The van der Waals surface area contributed by atoms with Crippen molar-refractivity contribution in [2.75, 3.05) is 4.90 Å². The van der Waals surface area contributed by atoms with Gasteiger partial charge >= 0.3 is 0 Å². The number of rotatable bonds is 3. The van der Waals surface area contributed by atoms with E-state index in [4.69, 9.17) is 0 Å². The molecule has 96 valence electrons. The number of nitro groups is 1. The molecule has 4 heteroatoms. The molecular formula is C15H14N2O2. The zero-order valence-electron chi connectivity index (χ0n) is 10.4. The van der Waals surface area contributed by atoms with Crippen molar-refractivity contribution in [3.63, 3.8) is 0 Å². The number of hydrogen-bond donors (Lipinski definition) is 0. The number of para-hydroxylation sites is 1. The Morgan fingerprint density at radius 3 is 2.53 bits per heavy atom. The molecule has 2 aromatic carbocycles. The summed E-state index contributed by atoms with van der Waals surface area (Å²) >= 11 is 0. The molecule has 0 spiro atoms. The lowest BCUT2D eigenvalue weighted by Gasteiger charge is -2.21. The van der Waals surface area contributed by atoms with Gasteiger partial charge in [-0.15, -0.1) is 0 Å². The average molecular weight is 254 g/mol. The van der Waals surface area contributed by atoms with Gasteiger partial charge in [-0.3, -0.25) is 10.1 Å². The zero-order chi connectivity index (χ0) is 13.2. The van der Waals surface area contributed by atoms with Crippen LogP contribution in [0.2, 0.25) is 0 Å². The largest absolute Gasteiger partial charge is 0.305 e. The van der Waals surface area contributed by atoms with Crippen molar-refractivity contribution >= 4 is 5.69 Å². The van der Waals surface area contributed by atoms with Gasteiger partial charge in [0.05, 0.1) is 6.42 Å². The second-order valence-corrected chi connectivity index (χ2v) is 4.71. The van der Waals surface area contributed by atoms with E-state index in [0.29, 0.717) is 13.0 Å². The maximum atomic E-state index is 11.2. The van der Waals surface area contributed by atoms with Crippen LogP contribution < -0.4 is 4.90 Å². The molecular weight excluding hydrogens is 240 g/mol. The van der Waals surface area contributed by atoms with Gasteiger partial charge in [-0.05, 0) is 17.2 Å². The summed E-state index contributed by atoms with van der Waals surface area (Å²) in [6, 6.07) is 17.7. The van der Waals surface area contributed by atoms with Crippen LogP contribution in [0.15, 0.2) is 54.6 Å². The summed E-state index contributed by atoms with van der Waals surface area (Å²) in [4.78, 5) is 12.9. The van der Waals surface area contributed by atoms with E-state index >= 15 is 0 Å². The third-order valence-corrected chi connectivity index (χ3v) is 3.50. The minimum absolute atomic E-state index is 0.192. The van der Waals surface area contributed by atoms with Crippen molar-refractivity contribution in [3.8, 4) is 0 Å². The standard InChI is InChI=1S/C15H14N2O2/c18-17(19)15-10-13-8-4-5-9-14(13)16(15)11-12-6-2-1-3-7-12/h1-9,15H,10-11H2. The van der Waals surface area contributed by atoms with Crippen molar-refractivity contribution < 1.29 is 4.92 Å². The summed E-state index contributed by atoms with van der Waals surface area (Å²) < 4.78 is 0. The number of benzene rings is 2. The molecule has 0 saturated heterocycles.